The number of hydrogen-bond acceptors (Lipinski definition) is 2. The Hall–Kier alpha value is -5.42. The van der Waals surface area contributed by atoms with Crippen molar-refractivity contribution in [2.45, 2.75) is 20.8 Å². The molecule has 0 aliphatic heterocycles. The SMILES string of the molecule is Cc1ccc(-c2ccccc2)n1-c1ccc(C(=O)N/N=C\c2cc(C)n(-c3ccc(-c4ccccc4)cc3)c2C)cc1. The largest absolute Gasteiger partial charge is 0.318 e. The molecule has 0 spiro atoms. The van der Waals surface area contributed by atoms with Crippen molar-refractivity contribution >= 4 is 12.1 Å². The first kappa shape index (κ1) is 26.8. The first-order chi connectivity index (χ1) is 20.5. The van der Waals surface area contributed by atoms with Gasteiger partial charge in [-0.3, -0.25) is 4.79 Å². The number of benzene rings is 4. The van der Waals surface area contributed by atoms with Gasteiger partial charge in [0, 0.05) is 39.6 Å². The summed E-state index contributed by atoms with van der Waals surface area (Å²) < 4.78 is 4.39. The van der Waals surface area contributed by atoms with Crippen molar-refractivity contribution < 1.29 is 4.79 Å². The summed E-state index contributed by atoms with van der Waals surface area (Å²) in [4.78, 5) is 12.9. The Kier molecular flexibility index (Phi) is 7.39. The number of carbonyl (C=O) groups is 1. The lowest BCUT2D eigenvalue weighted by Crippen LogP contribution is -2.17. The molecule has 1 amide bonds. The molecule has 0 saturated carbocycles. The van der Waals surface area contributed by atoms with E-state index in [-0.39, 0.29) is 5.91 Å². The third-order valence-electron chi connectivity index (χ3n) is 7.61. The molecule has 2 aromatic heterocycles. The smallest absolute Gasteiger partial charge is 0.271 e. The second kappa shape index (κ2) is 11.6. The summed E-state index contributed by atoms with van der Waals surface area (Å²) in [7, 11) is 0. The minimum absolute atomic E-state index is 0.254. The number of rotatable bonds is 7. The van der Waals surface area contributed by atoms with E-state index in [1.807, 2.05) is 48.5 Å². The Morgan fingerprint density at radius 3 is 1.86 bits per heavy atom. The lowest BCUT2D eigenvalue weighted by Gasteiger charge is -2.12. The third kappa shape index (κ3) is 5.32. The third-order valence-corrected chi connectivity index (χ3v) is 7.61. The number of hydrogen-bond donors (Lipinski definition) is 1. The summed E-state index contributed by atoms with van der Waals surface area (Å²) in [5.41, 5.74) is 14.2. The highest BCUT2D eigenvalue weighted by Crippen LogP contribution is 2.27. The number of amides is 1. The van der Waals surface area contributed by atoms with Crippen LogP contribution >= 0.6 is 0 Å². The number of hydrazone groups is 1. The monoisotopic (exact) mass is 548 g/mol. The number of nitrogens with one attached hydrogen (secondary N) is 1. The van der Waals surface area contributed by atoms with E-state index < -0.39 is 0 Å². The highest BCUT2D eigenvalue weighted by atomic mass is 16.2. The van der Waals surface area contributed by atoms with E-state index in [2.05, 4.69) is 119 Å². The van der Waals surface area contributed by atoms with E-state index in [1.165, 1.54) is 11.1 Å². The van der Waals surface area contributed by atoms with Crippen LogP contribution in [0.15, 0.2) is 132 Å². The number of aromatic nitrogens is 2. The molecule has 4 aromatic carbocycles. The minimum atomic E-state index is -0.254. The van der Waals surface area contributed by atoms with Crippen LogP contribution in [0.2, 0.25) is 0 Å². The Bertz CT molecular complexity index is 1860. The summed E-state index contributed by atoms with van der Waals surface area (Å²) in [5.74, 6) is -0.254. The van der Waals surface area contributed by atoms with Crippen LogP contribution in [-0.4, -0.2) is 21.3 Å². The summed E-state index contributed by atoms with van der Waals surface area (Å²) in [6.07, 6.45) is 1.71. The van der Waals surface area contributed by atoms with Crippen molar-refractivity contribution in [3.63, 3.8) is 0 Å². The average molecular weight is 549 g/mol. The summed E-state index contributed by atoms with van der Waals surface area (Å²) in [5, 5.41) is 4.28. The molecule has 1 N–H and O–H groups in total. The molecule has 2 heterocycles. The second-order valence-electron chi connectivity index (χ2n) is 10.4. The van der Waals surface area contributed by atoms with Gasteiger partial charge in [-0.25, -0.2) is 5.43 Å². The van der Waals surface area contributed by atoms with Crippen LogP contribution in [0.3, 0.4) is 0 Å². The zero-order valence-corrected chi connectivity index (χ0v) is 24.0. The molecular formula is C37H32N4O. The molecule has 5 heteroatoms. The van der Waals surface area contributed by atoms with E-state index in [1.54, 1.807) is 6.21 Å². The number of carbonyl (C=O) groups excluding carboxylic acids is 1. The quantitative estimate of drug-likeness (QED) is 0.158. The Morgan fingerprint density at radius 2 is 1.19 bits per heavy atom. The average Bonchev–Trinajstić information content (AvgIpc) is 3.56. The highest BCUT2D eigenvalue weighted by Gasteiger charge is 2.12. The predicted molar refractivity (Wildman–Crippen MR) is 172 cm³/mol. The highest BCUT2D eigenvalue weighted by molar-refractivity contribution is 5.95. The minimum Gasteiger partial charge on any atom is -0.318 e. The van der Waals surface area contributed by atoms with E-state index in [0.717, 1.165) is 45.3 Å². The van der Waals surface area contributed by atoms with Gasteiger partial charge in [0.05, 0.1) is 11.9 Å². The van der Waals surface area contributed by atoms with Crippen LogP contribution in [-0.2, 0) is 0 Å². The van der Waals surface area contributed by atoms with Crippen LogP contribution < -0.4 is 5.43 Å². The van der Waals surface area contributed by atoms with Crippen LogP contribution in [0.4, 0.5) is 0 Å². The summed E-state index contributed by atoms with van der Waals surface area (Å²) in [6, 6.07) is 43.1. The van der Waals surface area contributed by atoms with Crippen LogP contribution in [0.25, 0.3) is 33.8 Å². The maximum atomic E-state index is 12.9. The standard InChI is InChI=1S/C37H32N4O/c1-26-14-23-36(31-12-8-5-9-13-31)41(26)35-21-17-32(18-22-35)37(42)39-38-25-33-24-27(2)40(28(33)3)34-19-15-30(16-20-34)29-10-6-4-7-11-29/h4-25H,1-3H3,(H,39,42)/b38-25-. The van der Waals surface area contributed by atoms with Crippen molar-refractivity contribution in [3.8, 4) is 33.8 Å². The van der Waals surface area contributed by atoms with Crippen LogP contribution in [0.5, 0.6) is 0 Å². The molecule has 42 heavy (non-hydrogen) atoms. The molecule has 6 rings (SSSR count). The molecule has 6 aromatic rings. The van der Waals surface area contributed by atoms with E-state index >= 15 is 0 Å². The van der Waals surface area contributed by atoms with Crippen molar-refractivity contribution in [1.82, 2.24) is 14.6 Å². The number of aryl methyl sites for hydroxylation is 2. The molecule has 0 atom stereocenters. The molecule has 0 unspecified atom stereocenters. The zero-order chi connectivity index (χ0) is 29.1. The van der Waals surface area contributed by atoms with E-state index in [9.17, 15) is 4.79 Å². The molecule has 0 radical (unpaired) electrons. The second-order valence-corrected chi connectivity index (χ2v) is 10.4. The Morgan fingerprint density at radius 1 is 0.619 bits per heavy atom. The van der Waals surface area contributed by atoms with Gasteiger partial charge >= 0.3 is 0 Å². The molecule has 0 bridgehead atoms. The van der Waals surface area contributed by atoms with Gasteiger partial charge in [0.25, 0.3) is 5.91 Å². The molecule has 206 valence electrons. The molecule has 0 saturated heterocycles. The van der Waals surface area contributed by atoms with Crippen LogP contribution in [0, 0.1) is 20.8 Å². The van der Waals surface area contributed by atoms with Gasteiger partial charge in [-0.2, -0.15) is 5.10 Å². The van der Waals surface area contributed by atoms with E-state index in [0.29, 0.717) is 5.56 Å². The van der Waals surface area contributed by atoms with Crippen molar-refractivity contribution in [3.05, 3.63) is 156 Å². The Balaban J connectivity index is 1.15. The summed E-state index contributed by atoms with van der Waals surface area (Å²) >= 11 is 0. The molecule has 0 aliphatic carbocycles. The van der Waals surface area contributed by atoms with Gasteiger partial charge in [0.15, 0.2) is 0 Å². The molecular weight excluding hydrogens is 516 g/mol. The lowest BCUT2D eigenvalue weighted by atomic mass is 10.1. The Labute approximate surface area is 246 Å². The fraction of sp³-hybridized carbons (Fsp3) is 0.0811. The van der Waals surface area contributed by atoms with Crippen molar-refractivity contribution in [2.24, 2.45) is 5.10 Å². The predicted octanol–water partition coefficient (Wildman–Crippen LogP) is 8.29. The first-order valence-electron chi connectivity index (χ1n) is 14.0. The van der Waals surface area contributed by atoms with Gasteiger partial charge in [-0.05, 0) is 92.1 Å². The van der Waals surface area contributed by atoms with Gasteiger partial charge < -0.3 is 9.13 Å². The van der Waals surface area contributed by atoms with Gasteiger partial charge in [0.2, 0.25) is 0 Å². The summed E-state index contributed by atoms with van der Waals surface area (Å²) in [6.45, 7) is 6.22. The lowest BCUT2D eigenvalue weighted by molar-refractivity contribution is 0.0955. The normalized spacial score (nSPS) is 11.2. The van der Waals surface area contributed by atoms with E-state index in [4.69, 9.17) is 0 Å². The van der Waals surface area contributed by atoms with Crippen LogP contribution in [0.1, 0.15) is 33.0 Å². The van der Waals surface area contributed by atoms with Gasteiger partial charge in [0.1, 0.15) is 0 Å². The maximum Gasteiger partial charge on any atom is 0.271 e. The van der Waals surface area contributed by atoms with Gasteiger partial charge in [-0.15, -0.1) is 0 Å². The fourth-order valence-corrected chi connectivity index (χ4v) is 5.45. The zero-order valence-electron chi connectivity index (χ0n) is 24.0. The van der Waals surface area contributed by atoms with Crippen molar-refractivity contribution in [1.29, 1.82) is 0 Å². The first-order valence-corrected chi connectivity index (χ1v) is 14.0. The molecule has 0 fully saturated rings. The molecule has 0 aliphatic rings. The topological polar surface area (TPSA) is 51.3 Å². The maximum absolute atomic E-state index is 12.9. The van der Waals surface area contributed by atoms with Gasteiger partial charge in [-0.1, -0.05) is 72.8 Å². The fourth-order valence-electron chi connectivity index (χ4n) is 5.45. The van der Waals surface area contributed by atoms with Crippen molar-refractivity contribution in [2.75, 3.05) is 0 Å². The number of nitrogens with zero attached hydrogens (tertiary/aromatic N) is 3. The molecule has 5 nitrogen and oxygen atoms in total.